The molecule has 264 valence electrons. The first-order chi connectivity index (χ1) is 23.7. The van der Waals surface area contributed by atoms with Gasteiger partial charge in [-0.2, -0.15) is 0 Å². The van der Waals surface area contributed by atoms with Gasteiger partial charge in [0.2, 0.25) is 11.8 Å². The highest BCUT2D eigenvalue weighted by Crippen LogP contribution is 2.35. The van der Waals surface area contributed by atoms with Crippen LogP contribution in [0.2, 0.25) is 0 Å². The molecule has 0 aliphatic heterocycles. The van der Waals surface area contributed by atoms with Crippen LogP contribution in [0.3, 0.4) is 0 Å². The maximum Gasteiger partial charge on any atom is 0.327 e. The molecule has 0 bridgehead atoms. The number of rotatable bonds is 23. The number of aliphatic carboxylic acids is 1. The standard InChI is InChI=1S/C38H49N3O7S/c1-2-3-4-5-6-7-8-9-10-11-12-13-14-15-16-17-18-19-20-25-34(43)39-26-27-41-35(44)28-33(37(41)46)49-29-31(38(47)48)40-36(45)30-23-21-22-24-32(30)42/h3-4,6-7,9-10,12-13,15-16,18-19,21-24,28,31,42,44,46H,2,5,8,11,14,17,20,25-27,29H2,1H3,(H,39,43)(H,40,45)(H,47,48)/t31-/m0/s1. The number of hydrogen-bond acceptors (Lipinski definition) is 7. The summed E-state index contributed by atoms with van der Waals surface area (Å²) in [5.41, 5.74) is -0.0650. The lowest BCUT2D eigenvalue weighted by Gasteiger charge is -2.14. The van der Waals surface area contributed by atoms with Crippen LogP contribution in [0.5, 0.6) is 17.5 Å². The van der Waals surface area contributed by atoms with Crippen molar-refractivity contribution in [2.24, 2.45) is 0 Å². The van der Waals surface area contributed by atoms with Crippen LogP contribution in [0.25, 0.3) is 0 Å². The average Bonchev–Trinajstić information content (AvgIpc) is 3.35. The number of allylic oxidation sites excluding steroid dienone is 12. The second-order valence-corrected chi connectivity index (χ2v) is 11.9. The molecule has 1 aromatic carbocycles. The summed E-state index contributed by atoms with van der Waals surface area (Å²) in [5, 5.41) is 45.4. The summed E-state index contributed by atoms with van der Waals surface area (Å²) in [6.07, 6.45) is 32.1. The van der Waals surface area contributed by atoms with Gasteiger partial charge in [0.1, 0.15) is 11.8 Å². The van der Waals surface area contributed by atoms with Gasteiger partial charge in [-0.3, -0.25) is 14.2 Å². The summed E-state index contributed by atoms with van der Waals surface area (Å²) in [7, 11) is 0. The van der Waals surface area contributed by atoms with Crippen LogP contribution in [0.4, 0.5) is 0 Å². The predicted octanol–water partition coefficient (Wildman–Crippen LogP) is 7.17. The molecule has 0 saturated heterocycles. The summed E-state index contributed by atoms with van der Waals surface area (Å²) < 4.78 is 1.20. The molecule has 2 amide bonds. The van der Waals surface area contributed by atoms with Gasteiger partial charge in [-0.25, -0.2) is 4.79 Å². The molecule has 2 aromatic rings. The molecule has 0 unspecified atom stereocenters. The Morgan fingerprint density at radius 2 is 1.37 bits per heavy atom. The van der Waals surface area contributed by atoms with E-state index in [0.717, 1.165) is 50.3 Å². The number of carboxylic acids is 1. The van der Waals surface area contributed by atoms with E-state index in [-0.39, 0.29) is 52.7 Å². The van der Waals surface area contributed by atoms with E-state index < -0.39 is 17.9 Å². The number of phenolic OH excluding ortho intramolecular Hbond substituents is 1. The quantitative estimate of drug-likeness (QED) is 0.0528. The van der Waals surface area contributed by atoms with Crippen LogP contribution < -0.4 is 10.6 Å². The Morgan fingerprint density at radius 1 is 0.816 bits per heavy atom. The highest BCUT2D eigenvalue weighted by Gasteiger charge is 2.24. The van der Waals surface area contributed by atoms with Gasteiger partial charge >= 0.3 is 5.97 Å². The molecule has 0 fully saturated rings. The number of nitrogens with one attached hydrogen (secondary N) is 2. The van der Waals surface area contributed by atoms with Crippen molar-refractivity contribution in [3.8, 4) is 17.5 Å². The first-order valence-corrected chi connectivity index (χ1v) is 17.5. The van der Waals surface area contributed by atoms with Crippen molar-refractivity contribution in [2.75, 3.05) is 12.3 Å². The van der Waals surface area contributed by atoms with Gasteiger partial charge in [-0.15, -0.1) is 11.8 Å². The number of aromatic nitrogens is 1. The Bertz CT molecular complexity index is 1500. The molecule has 2 rings (SSSR count). The van der Waals surface area contributed by atoms with Crippen LogP contribution in [0, 0.1) is 0 Å². The number of carboxylic acid groups (broad SMARTS) is 1. The van der Waals surface area contributed by atoms with E-state index in [0.29, 0.717) is 12.8 Å². The summed E-state index contributed by atoms with van der Waals surface area (Å²) in [4.78, 5) is 36.6. The Labute approximate surface area is 293 Å². The lowest BCUT2D eigenvalue weighted by molar-refractivity contribution is -0.138. The molecule has 0 aliphatic carbocycles. The van der Waals surface area contributed by atoms with Gasteiger partial charge in [0, 0.05) is 31.3 Å². The molecule has 6 N–H and O–H groups in total. The fraction of sp³-hybridized carbons (Fsp3) is 0.342. The van der Waals surface area contributed by atoms with Gasteiger partial charge in [0.15, 0.2) is 5.88 Å². The van der Waals surface area contributed by atoms with Gasteiger partial charge in [0.25, 0.3) is 5.91 Å². The topological polar surface area (TPSA) is 161 Å². The zero-order valence-corrected chi connectivity index (χ0v) is 28.9. The molecule has 11 heteroatoms. The summed E-state index contributed by atoms with van der Waals surface area (Å²) in [5.74, 6) is -3.19. The molecule has 0 spiro atoms. The number of benzene rings is 1. The van der Waals surface area contributed by atoms with Gasteiger partial charge in [-0.05, 0) is 57.1 Å². The van der Waals surface area contributed by atoms with Crippen molar-refractivity contribution in [2.45, 2.75) is 75.8 Å². The van der Waals surface area contributed by atoms with Crippen molar-refractivity contribution in [1.82, 2.24) is 15.2 Å². The molecule has 1 atom stereocenters. The second kappa shape index (κ2) is 24.3. The molecule has 0 aliphatic rings. The zero-order chi connectivity index (χ0) is 35.7. The Hall–Kier alpha value is -4.90. The van der Waals surface area contributed by atoms with Crippen molar-refractivity contribution < 1.29 is 34.8 Å². The van der Waals surface area contributed by atoms with Crippen molar-refractivity contribution in [3.63, 3.8) is 0 Å². The fourth-order valence-corrected chi connectivity index (χ4v) is 5.33. The van der Waals surface area contributed by atoms with E-state index in [1.54, 1.807) is 0 Å². The highest BCUT2D eigenvalue weighted by molar-refractivity contribution is 7.99. The predicted molar refractivity (Wildman–Crippen MR) is 196 cm³/mol. The van der Waals surface area contributed by atoms with Gasteiger partial charge in [-0.1, -0.05) is 92.0 Å². The van der Waals surface area contributed by atoms with Crippen LogP contribution in [-0.4, -0.2) is 61.1 Å². The van der Waals surface area contributed by atoms with E-state index in [1.165, 1.54) is 34.9 Å². The van der Waals surface area contributed by atoms with E-state index in [1.807, 2.05) is 12.2 Å². The highest BCUT2D eigenvalue weighted by atomic mass is 32.2. The van der Waals surface area contributed by atoms with Crippen LogP contribution in [0.1, 0.15) is 68.6 Å². The minimum atomic E-state index is -1.33. The number of para-hydroxylation sites is 1. The second-order valence-electron chi connectivity index (χ2n) is 10.8. The third kappa shape index (κ3) is 16.7. The number of aromatic hydroxyl groups is 3. The van der Waals surface area contributed by atoms with Gasteiger partial charge in [0.05, 0.1) is 10.5 Å². The SMILES string of the molecule is CCC=CCC=CCC=CCC=CCC=CCC=CCCC(=O)NCCn1c(O)cc(SC[C@H](NC(=O)c2ccccc2O)C(=O)O)c1O. The number of phenols is 1. The third-order valence-electron chi connectivity index (χ3n) is 6.96. The molecular weight excluding hydrogens is 642 g/mol. The van der Waals surface area contributed by atoms with Crippen LogP contribution in [0.15, 0.2) is 108 Å². The first kappa shape index (κ1) is 40.3. The number of hydrogen-bond donors (Lipinski definition) is 6. The summed E-state index contributed by atoms with van der Waals surface area (Å²) >= 11 is 0.931. The molecule has 1 aromatic heterocycles. The Balaban J connectivity index is 1.62. The fourth-order valence-electron chi connectivity index (χ4n) is 4.33. The largest absolute Gasteiger partial charge is 0.507 e. The van der Waals surface area contributed by atoms with E-state index >= 15 is 0 Å². The number of amides is 2. The molecule has 10 nitrogen and oxygen atoms in total. The monoisotopic (exact) mass is 691 g/mol. The van der Waals surface area contributed by atoms with E-state index in [2.05, 4.69) is 78.3 Å². The van der Waals surface area contributed by atoms with Crippen molar-refractivity contribution in [3.05, 3.63) is 109 Å². The molecule has 1 heterocycles. The molecule has 0 saturated carbocycles. The molecule has 0 radical (unpaired) electrons. The minimum absolute atomic E-state index is 0.0650. The van der Waals surface area contributed by atoms with E-state index in [4.69, 9.17) is 0 Å². The lowest BCUT2D eigenvalue weighted by atomic mass is 10.2. The lowest BCUT2D eigenvalue weighted by Crippen LogP contribution is -2.42. The van der Waals surface area contributed by atoms with Gasteiger partial charge < -0.3 is 31.1 Å². The normalized spacial score (nSPS) is 12.8. The Morgan fingerprint density at radius 3 is 1.92 bits per heavy atom. The summed E-state index contributed by atoms with van der Waals surface area (Å²) in [6, 6.07) is 5.71. The maximum atomic E-state index is 12.4. The number of thioether (sulfide) groups is 1. The van der Waals surface area contributed by atoms with E-state index in [9.17, 15) is 34.8 Å². The van der Waals surface area contributed by atoms with Crippen molar-refractivity contribution >= 4 is 29.5 Å². The number of nitrogens with zero attached hydrogens (tertiary/aromatic N) is 1. The number of carbonyl (C=O) groups excluding carboxylic acids is 2. The molecular formula is C38H49N3O7S. The first-order valence-electron chi connectivity index (χ1n) is 16.5. The maximum absolute atomic E-state index is 12.4. The summed E-state index contributed by atoms with van der Waals surface area (Å²) in [6.45, 7) is 2.39. The van der Waals surface area contributed by atoms with Crippen LogP contribution in [-0.2, 0) is 16.1 Å². The minimum Gasteiger partial charge on any atom is -0.507 e. The molecule has 49 heavy (non-hydrogen) atoms. The van der Waals surface area contributed by atoms with Crippen molar-refractivity contribution in [1.29, 1.82) is 0 Å². The van der Waals surface area contributed by atoms with Crippen LogP contribution >= 0.6 is 11.8 Å². The smallest absolute Gasteiger partial charge is 0.327 e. The zero-order valence-electron chi connectivity index (χ0n) is 28.0. The number of carbonyl (C=O) groups is 3. The third-order valence-corrected chi connectivity index (χ3v) is 8.07. The average molecular weight is 692 g/mol. The Kier molecular flexibility index (Phi) is 20.0.